The largest absolute Gasteiger partial charge is 0.392 e. The molecule has 1 fully saturated rings. The highest BCUT2D eigenvalue weighted by molar-refractivity contribution is 7.80. The van der Waals surface area contributed by atoms with E-state index < -0.39 is 5.41 Å². The maximum Gasteiger partial charge on any atom is 0.235 e. The van der Waals surface area contributed by atoms with Crippen LogP contribution in [0.2, 0.25) is 0 Å². The van der Waals surface area contributed by atoms with Gasteiger partial charge in [-0.2, -0.15) is 0 Å². The highest BCUT2D eigenvalue weighted by atomic mass is 32.1. The first kappa shape index (κ1) is 14.4. The van der Waals surface area contributed by atoms with Gasteiger partial charge in [0, 0.05) is 13.1 Å². The van der Waals surface area contributed by atoms with Crippen LogP contribution in [0, 0.1) is 11.3 Å². The lowest BCUT2D eigenvalue weighted by atomic mass is 9.80. The van der Waals surface area contributed by atoms with Gasteiger partial charge in [-0.3, -0.25) is 4.79 Å². The molecule has 1 aliphatic heterocycles. The summed E-state index contributed by atoms with van der Waals surface area (Å²) in [5.41, 5.74) is 5.20. The molecule has 1 atom stereocenters. The number of likely N-dealkylation sites (tertiary alicyclic amines) is 1. The molecule has 3 nitrogen and oxygen atoms in total. The normalized spacial score (nSPS) is 21.4. The Morgan fingerprint density at radius 2 is 2.06 bits per heavy atom. The summed E-state index contributed by atoms with van der Waals surface area (Å²) in [7, 11) is 0. The van der Waals surface area contributed by atoms with Crippen LogP contribution in [-0.4, -0.2) is 28.9 Å². The van der Waals surface area contributed by atoms with E-state index in [0.717, 1.165) is 19.5 Å². The SMILES string of the molecule is CCC(CC)(C(=O)N1CCCC(C)C1)C(N)=S. The van der Waals surface area contributed by atoms with Crippen molar-refractivity contribution in [2.24, 2.45) is 17.1 Å². The molecule has 0 aromatic rings. The van der Waals surface area contributed by atoms with E-state index in [1.807, 2.05) is 18.7 Å². The Bertz CT molecular complexity index is 300. The van der Waals surface area contributed by atoms with Gasteiger partial charge in [-0.05, 0) is 31.6 Å². The molecule has 0 aliphatic carbocycles. The minimum Gasteiger partial charge on any atom is -0.392 e. The van der Waals surface area contributed by atoms with Crippen LogP contribution < -0.4 is 5.73 Å². The molecular weight excluding hydrogens is 232 g/mol. The van der Waals surface area contributed by atoms with Gasteiger partial charge in [-0.1, -0.05) is 33.0 Å². The molecule has 98 valence electrons. The lowest BCUT2D eigenvalue weighted by Crippen LogP contribution is -2.52. The van der Waals surface area contributed by atoms with E-state index in [2.05, 4.69) is 6.92 Å². The second kappa shape index (κ2) is 5.80. The van der Waals surface area contributed by atoms with Crippen LogP contribution >= 0.6 is 12.2 Å². The summed E-state index contributed by atoms with van der Waals surface area (Å²) >= 11 is 5.13. The Morgan fingerprint density at radius 3 is 2.47 bits per heavy atom. The summed E-state index contributed by atoms with van der Waals surface area (Å²) in [6, 6.07) is 0. The third kappa shape index (κ3) is 2.79. The minimum atomic E-state index is -0.619. The van der Waals surface area contributed by atoms with Crippen LogP contribution in [0.15, 0.2) is 0 Å². The van der Waals surface area contributed by atoms with E-state index in [9.17, 15) is 4.79 Å². The van der Waals surface area contributed by atoms with Gasteiger partial charge >= 0.3 is 0 Å². The van der Waals surface area contributed by atoms with E-state index >= 15 is 0 Å². The van der Waals surface area contributed by atoms with E-state index in [1.54, 1.807) is 0 Å². The minimum absolute atomic E-state index is 0.140. The Balaban J connectivity index is 2.88. The van der Waals surface area contributed by atoms with Gasteiger partial charge in [0.05, 0.1) is 10.4 Å². The highest BCUT2D eigenvalue weighted by Crippen LogP contribution is 2.31. The molecule has 17 heavy (non-hydrogen) atoms. The first-order valence-electron chi connectivity index (χ1n) is 6.57. The van der Waals surface area contributed by atoms with Crippen LogP contribution in [0.25, 0.3) is 0 Å². The van der Waals surface area contributed by atoms with Crippen molar-refractivity contribution in [3.8, 4) is 0 Å². The molecule has 1 unspecified atom stereocenters. The Morgan fingerprint density at radius 1 is 1.47 bits per heavy atom. The van der Waals surface area contributed by atoms with Crippen molar-refractivity contribution >= 4 is 23.1 Å². The second-order valence-corrected chi connectivity index (χ2v) is 5.59. The monoisotopic (exact) mass is 256 g/mol. The average molecular weight is 256 g/mol. The fourth-order valence-electron chi connectivity index (χ4n) is 2.68. The number of carbonyl (C=O) groups excluding carboxylic acids is 1. The zero-order valence-electron chi connectivity index (χ0n) is 11.2. The first-order valence-corrected chi connectivity index (χ1v) is 6.98. The molecule has 0 radical (unpaired) electrons. The number of rotatable bonds is 4. The van der Waals surface area contributed by atoms with E-state index in [1.165, 1.54) is 6.42 Å². The Hall–Kier alpha value is -0.640. The molecule has 0 spiro atoms. The molecule has 0 aromatic carbocycles. The lowest BCUT2D eigenvalue weighted by Gasteiger charge is -2.38. The van der Waals surface area contributed by atoms with Crippen LogP contribution in [0.3, 0.4) is 0 Å². The van der Waals surface area contributed by atoms with Crippen molar-refractivity contribution in [2.45, 2.75) is 46.5 Å². The predicted molar refractivity (Wildman–Crippen MR) is 74.8 cm³/mol. The molecule has 0 aromatic heterocycles. The van der Waals surface area contributed by atoms with Crippen LogP contribution in [0.1, 0.15) is 46.5 Å². The zero-order valence-corrected chi connectivity index (χ0v) is 12.0. The summed E-state index contributed by atoms with van der Waals surface area (Å²) in [5, 5.41) is 0. The van der Waals surface area contributed by atoms with Crippen LogP contribution in [0.5, 0.6) is 0 Å². The zero-order chi connectivity index (χ0) is 13.1. The summed E-state index contributed by atoms with van der Waals surface area (Å²) < 4.78 is 0. The fraction of sp³-hybridized carbons (Fsp3) is 0.846. The predicted octanol–water partition coefficient (Wildman–Crippen LogP) is 2.34. The van der Waals surface area contributed by atoms with Gasteiger partial charge in [0.15, 0.2) is 0 Å². The van der Waals surface area contributed by atoms with Gasteiger partial charge in [0.2, 0.25) is 5.91 Å². The molecule has 2 N–H and O–H groups in total. The molecule has 1 heterocycles. The number of hydrogen-bond donors (Lipinski definition) is 1. The van der Waals surface area contributed by atoms with Crippen molar-refractivity contribution < 1.29 is 4.79 Å². The fourth-order valence-corrected chi connectivity index (χ4v) is 3.06. The standard InChI is InChI=1S/C13H24N2OS/c1-4-13(5-2,11(14)17)12(16)15-8-6-7-10(3)9-15/h10H,4-9H2,1-3H3,(H2,14,17). The topological polar surface area (TPSA) is 46.3 Å². The maximum absolute atomic E-state index is 12.6. The number of carbonyl (C=O) groups is 1. The molecule has 0 bridgehead atoms. The number of amides is 1. The average Bonchev–Trinajstić information content (AvgIpc) is 2.30. The van der Waals surface area contributed by atoms with Gasteiger partial charge in [0.1, 0.15) is 0 Å². The molecule has 1 rings (SSSR count). The van der Waals surface area contributed by atoms with Crippen molar-refractivity contribution in [3.63, 3.8) is 0 Å². The van der Waals surface area contributed by atoms with Crippen LogP contribution in [-0.2, 0) is 4.79 Å². The number of nitrogens with zero attached hydrogens (tertiary/aromatic N) is 1. The number of thiocarbonyl (C=S) groups is 1. The van der Waals surface area contributed by atoms with Crippen molar-refractivity contribution in [1.82, 2.24) is 4.90 Å². The summed E-state index contributed by atoms with van der Waals surface area (Å²) in [5.74, 6) is 0.729. The number of piperidine rings is 1. The second-order valence-electron chi connectivity index (χ2n) is 5.15. The van der Waals surface area contributed by atoms with Gasteiger partial charge < -0.3 is 10.6 Å². The third-order valence-corrected chi connectivity index (χ3v) is 4.42. The molecule has 4 heteroatoms. The first-order chi connectivity index (χ1) is 7.97. The maximum atomic E-state index is 12.6. The van der Waals surface area contributed by atoms with Crippen molar-refractivity contribution in [2.75, 3.05) is 13.1 Å². The quantitative estimate of drug-likeness (QED) is 0.785. The van der Waals surface area contributed by atoms with E-state index in [0.29, 0.717) is 23.7 Å². The molecule has 0 saturated carbocycles. The van der Waals surface area contributed by atoms with Crippen molar-refractivity contribution in [3.05, 3.63) is 0 Å². The van der Waals surface area contributed by atoms with E-state index in [-0.39, 0.29) is 5.91 Å². The molecule has 1 saturated heterocycles. The number of hydrogen-bond acceptors (Lipinski definition) is 2. The Kier molecular flexibility index (Phi) is 4.92. The highest BCUT2D eigenvalue weighted by Gasteiger charge is 2.41. The smallest absolute Gasteiger partial charge is 0.235 e. The van der Waals surface area contributed by atoms with Gasteiger partial charge in [0.25, 0.3) is 0 Å². The Labute approximate surface area is 110 Å². The van der Waals surface area contributed by atoms with Crippen LogP contribution in [0.4, 0.5) is 0 Å². The summed E-state index contributed by atoms with van der Waals surface area (Å²) in [6.45, 7) is 7.89. The summed E-state index contributed by atoms with van der Waals surface area (Å²) in [6.07, 6.45) is 3.70. The van der Waals surface area contributed by atoms with Gasteiger partial charge in [-0.15, -0.1) is 0 Å². The summed E-state index contributed by atoms with van der Waals surface area (Å²) in [4.78, 5) is 14.9. The van der Waals surface area contributed by atoms with Crippen molar-refractivity contribution in [1.29, 1.82) is 0 Å². The molecule has 1 aliphatic rings. The molecular formula is C13H24N2OS. The lowest BCUT2D eigenvalue weighted by molar-refractivity contribution is -0.140. The van der Waals surface area contributed by atoms with Gasteiger partial charge in [-0.25, -0.2) is 0 Å². The molecule has 1 amide bonds. The number of nitrogens with two attached hydrogens (primary N) is 1. The third-order valence-electron chi connectivity index (χ3n) is 4.03. The van der Waals surface area contributed by atoms with E-state index in [4.69, 9.17) is 18.0 Å².